The average molecular weight is 1110 g/mol. The first-order chi connectivity index (χ1) is 39.5. The van der Waals surface area contributed by atoms with Gasteiger partial charge in [-0.15, -0.1) is 0 Å². The number of rotatable bonds is 60. The SMILES string of the molecule is CC/C=C\C/C=C\C/C=C\C/C=C\C/C=C\CCCCCCCCCCCCCCCCCCCC(=O)OCC(COC(=O)CC/C=C\C/C=C\C/C=C\C/C=C\CC)OC(=O)CCCCCCC/C=C\CCCCCCCCC. The molecule has 0 saturated carbocycles. The molecule has 456 valence electrons. The van der Waals surface area contributed by atoms with Crippen LogP contribution in [-0.2, 0) is 28.6 Å². The largest absolute Gasteiger partial charge is 0.462 e. The maximum absolute atomic E-state index is 12.9. The maximum Gasteiger partial charge on any atom is 0.306 e. The number of hydrogen-bond acceptors (Lipinski definition) is 6. The Balaban J connectivity index is 4.21. The molecule has 0 aromatic rings. The lowest BCUT2D eigenvalue weighted by Crippen LogP contribution is -2.30. The number of ether oxygens (including phenoxy) is 3. The fraction of sp³-hybridized carbons (Fsp3) is 0.689. The van der Waals surface area contributed by atoms with Crippen molar-refractivity contribution in [2.45, 2.75) is 316 Å². The van der Waals surface area contributed by atoms with Gasteiger partial charge < -0.3 is 14.2 Å². The van der Waals surface area contributed by atoms with Crippen LogP contribution in [0.5, 0.6) is 0 Å². The highest BCUT2D eigenvalue weighted by Gasteiger charge is 2.19. The average Bonchev–Trinajstić information content (AvgIpc) is 3.46. The van der Waals surface area contributed by atoms with Crippen molar-refractivity contribution in [3.05, 3.63) is 122 Å². The molecule has 0 aliphatic rings. The second-order valence-electron chi connectivity index (χ2n) is 22.0. The summed E-state index contributed by atoms with van der Waals surface area (Å²) < 4.78 is 16.8. The van der Waals surface area contributed by atoms with Gasteiger partial charge in [0, 0.05) is 19.3 Å². The highest BCUT2D eigenvalue weighted by molar-refractivity contribution is 5.71. The molecule has 0 aromatic heterocycles. The molecule has 0 aliphatic heterocycles. The number of hydrogen-bond donors (Lipinski definition) is 0. The predicted octanol–water partition coefficient (Wildman–Crippen LogP) is 23.2. The van der Waals surface area contributed by atoms with Gasteiger partial charge in [0.05, 0.1) is 0 Å². The van der Waals surface area contributed by atoms with E-state index in [1.807, 2.05) is 6.08 Å². The molecule has 0 heterocycles. The summed E-state index contributed by atoms with van der Waals surface area (Å²) >= 11 is 0. The van der Waals surface area contributed by atoms with Crippen molar-refractivity contribution in [3.8, 4) is 0 Å². The van der Waals surface area contributed by atoms with Crippen molar-refractivity contribution >= 4 is 17.9 Å². The molecule has 0 aliphatic carbocycles. The van der Waals surface area contributed by atoms with E-state index in [-0.39, 0.29) is 37.5 Å². The van der Waals surface area contributed by atoms with Crippen molar-refractivity contribution in [3.63, 3.8) is 0 Å². The van der Waals surface area contributed by atoms with Crippen molar-refractivity contribution in [1.82, 2.24) is 0 Å². The van der Waals surface area contributed by atoms with Crippen LogP contribution < -0.4 is 0 Å². The summed E-state index contributed by atoms with van der Waals surface area (Å²) in [5.74, 6) is -0.988. The van der Waals surface area contributed by atoms with Gasteiger partial charge in [-0.1, -0.05) is 296 Å². The van der Waals surface area contributed by atoms with Crippen molar-refractivity contribution in [2.24, 2.45) is 0 Å². The molecular weight excluding hydrogens is 985 g/mol. The Bertz CT molecular complexity index is 1650. The fourth-order valence-electron chi connectivity index (χ4n) is 9.24. The van der Waals surface area contributed by atoms with E-state index in [0.717, 1.165) is 109 Å². The minimum Gasteiger partial charge on any atom is -0.462 e. The zero-order valence-corrected chi connectivity index (χ0v) is 52.3. The minimum absolute atomic E-state index is 0.103. The maximum atomic E-state index is 12.9. The summed E-state index contributed by atoms with van der Waals surface area (Å²) in [5, 5.41) is 0. The first kappa shape index (κ1) is 75.8. The van der Waals surface area contributed by atoms with E-state index in [4.69, 9.17) is 14.2 Å². The topological polar surface area (TPSA) is 78.9 Å². The summed E-state index contributed by atoms with van der Waals surface area (Å²) in [6, 6.07) is 0. The summed E-state index contributed by atoms with van der Waals surface area (Å²) in [5.41, 5.74) is 0. The highest BCUT2D eigenvalue weighted by Crippen LogP contribution is 2.16. The van der Waals surface area contributed by atoms with E-state index in [1.54, 1.807) is 0 Å². The Hall–Kier alpha value is -4.19. The van der Waals surface area contributed by atoms with Crippen LogP contribution in [0.25, 0.3) is 0 Å². The molecular formula is C74H124O6. The Kier molecular flexibility index (Phi) is 63.8. The van der Waals surface area contributed by atoms with Gasteiger partial charge in [-0.05, 0) is 116 Å². The lowest BCUT2D eigenvalue weighted by Gasteiger charge is -2.18. The number of carbonyl (C=O) groups excluding carboxylic acids is 3. The molecule has 0 spiro atoms. The van der Waals surface area contributed by atoms with Crippen molar-refractivity contribution < 1.29 is 28.6 Å². The van der Waals surface area contributed by atoms with E-state index in [0.29, 0.717) is 19.3 Å². The van der Waals surface area contributed by atoms with E-state index < -0.39 is 6.10 Å². The summed E-state index contributed by atoms with van der Waals surface area (Å²) in [6.45, 7) is 6.36. The second-order valence-corrected chi connectivity index (χ2v) is 22.0. The molecule has 0 bridgehead atoms. The molecule has 0 amide bonds. The first-order valence-corrected chi connectivity index (χ1v) is 33.5. The lowest BCUT2D eigenvalue weighted by molar-refractivity contribution is -0.166. The van der Waals surface area contributed by atoms with Crippen molar-refractivity contribution in [2.75, 3.05) is 13.2 Å². The van der Waals surface area contributed by atoms with Gasteiger partial charge in [0.25, 0.3) is 0 Å². The van der Waals surface area contributed by atoms with Gasteiger partial charge in [-0.25, -0.2) is 0 Å². The van der Waals surface area contributed by atoms with E-state index in [1.165, 1.54) is 154 Å². The first-order valence-electron chi connectivity index (χ1n) is 33.5. The Labute approximate surface area is 494 Å². The highest BCUT2D eigenvalue weighted by atomic mass is 16.6. The smallest absolute Gasteiger partial charge is 0.306 e. The minimum atomic E-state index is -0.812. The van der Waals surface area contributed by atoms with Gasteiger partial charge in [0.2, 0.25) is 0 Å². The molecule has 6 nitrogen and oxygen atoms in total. The third-order valence-corrected chi connectivity index (χ3v) is 14.2. The summed E-state index contributed by atoms with van der Waals surface area (Å²) in [7, 11) is 0. The lowest BCUT2D eigenvalue weighted by atomic mass is 10.0. The van der Waals surface area contributed by atoms with Gasteiger partial charge in [0.15, 0.2) is 6.10 Å². The van der Waals surface area contributed by atoms with Crippen LogP contribution in [0.15, 0.2) is 122 Å². The summed E-state index contributed by atoms with van der Waals surface area (Å²) in [6.07, 6.45) is 93.9. The molecule has 6 heteroatoms. The molecule has 1 unspecified atom stereocenters. The molecule has 1 atom stereocenters. The zero-order valence-electron chi connectivity index (χ0n) is 52.3. The standard InChI is InChI=1S/C74H124O6/c1-4-7-10-13-16-19-22-25-27-29-30-31-32-33-34-35-36-37-38-39-40-41-42-43-44-45-47-49-52-55-58-61-64-67-73(76)79-70-71(69-78-72(75)66-63-60-57-54-51-48-24-21-18-15-12-9-6-3)80-74(77)68-65-62-59-56-53-50-46-28-26-23-20-17-14-11-8-5-2/h7,9-10,12,16,18-19,21,25,27-28,30-31,33-34,46,48,51,57,60,71H,4-6,8,11,13-15,17,20,22-24,26,29,32,35-45,47,49-50,52-56,58-59,61-70H2,1-3H3/b10-7-,12-9-,19-16-,21-18-,27-25-,31-30-,34-33-,46-28-,51-48-,60-57-. The molecule has 0 saturated heterocycles. The molecule has 80 heavy (non-hydrogen) atoms. The quantitative estimate of drug-likeness (QED) is 0.0261. The predicted molar refractivity (Wildman–Crippen MR) is 348 cm³/mol. The Morgan fingerprint density at radius 2 is 0.512 bits per heavy atom. The van der Waals surface area contributed by atoms with Crippen LogP contribution >= 0.6 is 0 Å². The van der Waals surface area contributed by atoms with Crippen LogP contribution in [0, 0.1) is 0 Å². The summed E-state index contributed by atoms with van der Waals surface area (Å²) in [4.78, 5) is 38.2. The molecule has 0 fully saturated rings. The molecule has 0 radical (unpaired) electrons. The zero-order chi connectivity index (χ0) is 57.8. The van der Waals surface area contributed by atoms with Gasteiger partial charge in [-0.3, -0.25) is 14.4 Å². The normalized spacial score (nSPS) is 12.9. The second kappa shape index (κ2) is 67.3. The van der Waals surface area contributed by atoms with Crippen LogP contribution in [-0.4, -0.2) is 37.2 Å². The molecule has 0 aromatic carbocycles. The number of carbonyl (C=O) groups is 3. The van der Waals surface area contributed by atoms with Crippen LogP contribution in [0.1, 0.15) is 310 Å². The molecule has 0 N–H and O–H groups in total. The van der Waals surface area contributed by atoms with E-state index in [9.17, 15) is 14.4 Å². The van der Waals surface area contributed by atoms with E-state index >= 15 is 0 Å². The van der Waals surface area contributed by atoms with Gasteiger partial charge in [-0.2, -0.15) is 0 Å². The Morgan fingerprint density at radius 3 is 0.850 bits per heavy atom. The van der Waals surface area contributed by atoms with Crippen LogP contribution in [0.3, 0.4) is 0 Å². The Morgan fingerprint density at radius 1 is 0.263 bits per heavy atom. The van der Waals surface area contributed by atoms with Gasteiger partial charge in [0.1, 0.15) is 13.2 Å². The third-order valence-electron chi connectivity index (χ3n) is 14.2. The number of esters is 3. The van der Waals surface area contributed by atoms with E-state index in [2.05, 4.69) is 136 Å². The van der Waals surface area contributed by atoms with Crippen LogP contribution in [0.2, 0.25) is 0 Å². The number of allylic oxidation sites excluding steroid dienone is 20. The van der Waals surface area contributed by atoms with Crippen LogP contribution in [0.4, 0.5) is 0 Å². The van der Waals surface area contributed by atoms with Crippen molar-refractivity contribution in [1.29, 1.82) is 0 Å². The number of unbranched alkanes of at least 4 members (excludes halogenated alkanes) is 29. The fourth-order valence-corrected chi connectivity index (χ4v) is 9.24. The third kappa shape index (κ3) is 64.6. The monoisotopic (exact) mass is 1110 g/mol. The molecule has 0 rings (SSSR count). The van der Waals surface area contributed by atoms with Gasteiger partial charge >= 0.3 is 17.9 Å².